The number of hydrogen-bond donors (Lipinski definition) is 0. The van der Waals surface area contributed by atoms with Crippen molar-refractivity contribution in [2.45, 2.75) is 58.8 Å². The predicted molar refractivity (Wildman–Crippen MR) is 71.1 cm³/mol. The van der Waals surface area contributed by atoms with E-state index in [1.807, 2.05) is 0 Å². The summed E-state index contributed by atoms with van der Waals surface area (Å²) in [5, 5.41) is 1.03. The van der Waals surface area contributed by atoms with Gasteiger partial charge in [-0.15, -0.1) is 0 Å². The summed E-state index contributed by atoms with van der Waals surface area (Å²) >= 11 is 3.56. The molecule has 0 saturated carbocycles. The maximum Gasteiger partial charge on any atom is 0.0624 e. The van der Waals surface area contributed by atoms with Crippen LogP contribution in [0.3, 0.4) is 0 Å². The van der Waals surface area contributed by atoms with Gasteiger partial charge in [-0.05, 0) is 38.5 Å². The van der Waals surface area contributed by atoms with E-state index in [2.05, 4.69) is 43.6 Å². The Morgan fingerprint density at radius 3 is 2.25 bits per heavy atom. The molecule has 1 rings (SSSR count). The van der Waals surface area contributed by atoms with E-state index >= 15 is 0 Å². The van der Waals surface area contributed by atoms with Crippen LogP contribution in [0.25, 0.3) is 0 Å². The van der Waals surface area contributed by atoms with Crippen LogP contribution >= 0.6 is 15.9 Å². The fourth-order valence-electron chi connectivity index (χ4n) is 2.16. The zero-order valence-corrected chi connectivity index (χ0v) is 12.5. The fraction of sp³-hybridized carbons (Fsp3) is 1.00. The Kier molecular flexibility index (Phi) is 6.30. The lowest BCUT2D eigenvalue weighted by Crippen LogP contribution is -2.35. The van der Waals surface area contributed by atoms with Crippen molar-refractivity contribution < 1.29 is 9.47 Å². The molecule has 3 unspecified atom stereocenters. The van der Waals surface area contributed by atoms with Crippen molar-refractivity contribution in [1.29, 1.82) is 0 Å². The van der Waals surface area contributed by atoms with E-state index in [0.29, 0.717) is 30.1 Å². The van der Waals surface area contributed by atoms with Crippen LogP contribution in [0.1, 0.15) is 40.5 Å². The third-order valence-corrected chi connectivity index (χ3v) is 4.17. The van der Waals surface area contributed by atoms with Gasteiger partial charge in [0, 0.05) is 5.33 Å². The molecule has 3 atom stereocenters. The van der Waals surface area contributed by atoms with Gasteiger partial charge >= 0.3 is 0 Å². The number of ether oxygens (including phenoxy) is 2. The Morgan fingerprint density at radius 2 is 1.81 bits per heavy atom. The zero-order valence-electron chi connectivity index (χ0n) is 10.9. The molecule has 0 spiro atoms. The Hall–Kier alpha value is 0.400. The first-order chi connectivity index (χ1) is 7.52. The molecule has 1 saturated heterocycles. The summed E-state index contributed by atoms with van der Waals surface area (Å²) in [6.07, 6.45) is 3.15. The van der Waals surface area contributed by atoms with E-state index in [4.69, 9.17) is 9.47 Å². The van der Waals surface area contributed by atoms with Crippen LogP contribution < -0.4 is 0 Å². The van der Waals surface area contributed by atoms with Gasteiger partial charge < -0.3 is 9.47 Å². The van der Waals surface area contributed by atoms with Gasteiger partial charge in [-0.3, -0.25) is 0 Å². The lowest BCUT2D eigenvalue weighted by atomic mass is 9.98. The molecule has 0 bridgehead atoms. The van der Waals surface area contributed by atoms with E-state index in [0.717, 1.165) is 24.8 Å². The molecule has 0 aromatic heterocycles. The Bertz CT molecular complexity index is 186. The summed E-state index contributed by atoms with van der Waals surface area (Å²) in [5.74, 6) is 1.29. The largest absolute Gasteiger partial charge is 0.378 e. The minimum absolute atomic E-state index is 0.343. The molecule has 16 heavy (non-hydrogen) atoms. The maximum atomic E-state index is 6.03. The van der Waals surface area contributed by atoms with Crippen LogP contribution in [0.5, 0.6) is 0 Å². The van der Waals surface area contributed by atoms with Gasteiger partial charge in [0.2, 0.25) is 0 Å². The first-order valence-electron chi connectivity index (χ1n) is 6.36. The molecule has 1 fully saturated rings. The normalized spacial score (nSPS) is 33.0. The first kappa shape index (κ1) is 14.5. The molecule has 1 aliphatic rings. The second-order valence-electron chi connectivity index (χ2n) is 5.34. The molecule has 3 heteroatoms. The molecule has 1 aliphatic heterocycles. The monoisotopic (exact) mass is 292 g/mol. The van der Waals surface area contributed by atoms with Gasteiger partial charge in [0.05, 0.1) is 24.9 Å². The van der Waals surface area contributed by atoms with Crippen LogP contribution in [0, 0.1) is 11.8 Å². The highest BCUT2D eigenvalue weighted by Crippen LogP contribution is 2.23. The van der Waals surface area contributed by atoms with Gasteiger partial charge in [0.1, 0.15) is 0 Å². The Labute approximate surface area is 108 Å². The quantitative estimate of drug-likeness (QED) is 0.721. The van der Waals surface area contributed by atoms with Crippen LogP contribution in [0.4, 0.5) is 0 Å². The van der Waals surface area contributed by atoms with Gasteiger partial charge in [-0.25, -0.2) is 0 Å². The second kappa shape index (κ2) is 6.97. The van der Waals surface area contributed by atoms with Crippen LogP contribution in [0.15, 0.2) is 0 Å². The molecule has 0 radical (unpaired) electrons. The smallest absolute Gasteiger partial charge is 0.0624 e. The molecule has 0 aromatic rings. The highest BCUT2D eigenvalue weighted by atomic mass is 79.9. The van der Waals surface area contributed by atoms with E-state index in [1.165, 1.54) is 0 Å². The molecular formula is C13H25BrO2. The van der Waals surface area contributed by atoms with Crippen molar-refractivity contribution in [3.63, 3.8) is 0 Å². The van der Waals surface area contributed by atoms with E-state index < -0.39 is 0 Å². The summed E-state index contributed by atoms with van der Waals surface area (Å²) in [5.41, 5.74) is 0. The van der Waals surface area contributed by atoms with Crippen molar-refractivity contribution in [2.24, 2.45) is 11.8 Å². The van der Waals surface area contributed by atoms with Gasteiger partial charge in [-0.1, -0.05) is 29.8 Å². The van der Waals surface area contributed by atoms with Gasteiger partial charge in [-0.2, -0.15) is 0 Å². The summed E-state index contributed by atoms with van der Waals surface area (Å²) in [7, 11) is 0. The van der Waals surface area contributed by atoms with E-state index in [9.17, 15) is 0 Å². The third-order valence-electron chi connectivity index (χ3n) is 3.34. The highest BCUT2D eigenvalue weighted by Gasteiger charge is 2.25. The average Bonchev–Trinajstić information content (AvgIpc) is 2.16. The third kappa shape index (κ3) is 4.72. The average molecular weight is 293 g/mol. The van der Waals surface area contributed by atoms with Crippen molar-refractivity contribution in [3.05, 3.63) is 0 Å². The van der Waals surface area contributed by atoms with Crippen molar-refractivity contribution in [1.82, 2.24) is 0 Å². The number of alkyl halides is 1. The summed E-state index contributed by atoms with van der Waals surface area (Å²) in [4.78, 5) is 0. The molecule has 1 heterocycles. The molecular weight excluding hydrogens is 268 g/mol. The van der Waals surface area contributed by atoms with Crippen molar-refractivity contribution >= 4 is 15.9 Å². The zero-order chi connectivity index (χ0) is 12.1. The van der Waals surface area contributed by atoms with E-state index in [1.54, 1.807) is 0 Å². The van der Waals surface area contributed by atoms with Crippen molar-refractivity contribution in [3.8, 4) is 0 Å². The van der Waals surface area contributed by atoms with Crippen molar-refractivity contribution in [2.75, 3.05) is 11.9 Å². The second-order valence-corrected chi connectivity index (χ2v) is 5.99. The summed E-state index contributed by atoms with van der Waals surface area (Å²) < 4.78 is 11.7. The predicted octanol–water partition coefficient (Wildman–Crippen LogP) is 3.63. The maximum absolute atomic E-state index is 6.03. The molecule has 0 N–H and O–H groups in total. The fourth-order valence-corrected chi connectivity index (χ4v) is 3.09. The molecule has 96 valence electrons. The van der Waals surface area contributed by atoms with Gasteiger partial charge in [0.15, 0.2) is 0 Å². The van der Waals surface area contributed by atoms with Crippen LogP contribution in [-0.4, -0.2) is 30.2 Å². The lowest BCUT2D eigenvalue weighted by Gasteiger charge is -2.33. The Morgan fingerprint density at radius 1 is 1.25 bits per heavy atom. The van der Waals surface area contributed by atoms with Crippen LogP contribution in [0.2, 0.25) is 0 Å². The van der Waals surface area contributed by atoms with E-state index in [-0.39, 0.29) is 0 Å². The molecule has 0 amide bonds. The summed E-state index contributed by atoms with van der Waals surface area (Å²) in [6, 6.07) is 0. The number of rotatable bonds is 5. The Balaban J connectivity index is 2.30. The minimum atomic E-state index is 0.343. The lowest BCUT2D eigenvalue weighted by molar-refractivity contribution is -0.107. The van der Waals surface area contributed by atoms with Crippen LogP contribution in [-0.2, 0) is 9.47 Å². The molecule has 2 nitrogen and oxygen atoms in total. The molecule has 0 aromatic carbocycles. The highest BCUT2D eigenvalue weighted by molar-refractivity contribution is 9.09. The first-order valence-corrected chi connectivity index (χ1v) is 7.48. The minimum Gasteiger partial charge on any atom is -0.378 e. The van der Waals surface area contributed by atoms with Gasteiger partial charge in [0.25, 0.3) is 0 Å². The standard InChI is InChI=1S/C13H25BrO2/c1-9(2)12(7-14)8-15-13-5-10(3)16-11(4)6-13/h9-13H,5-8H2,1-4H3. The SMILES string of the molecule is CC1CC(OCC(CBr)C(C)C)CC(C)O1. The topological polar surface area (TPSA) is 18.5 Å². The number of halogens is 1. The summed E-state index contributed by atoms with van der Waals surface area (Å²) in [6.45, 7) is 9.65. The number of hydrogen-bond acceptors (Lipinski definition) is 2. The molecule has 0 aliphatic carbocycles.